The number of carboxylic acids is 1. The zero-order chi connectivity index (χ0) is 84.0. The van der Waals surface area contributed by atoms with E-state index >= 15 is 0 Å². The number of esters is 1. The van der Waals surface area contributed by atoms with Gasteiger partial charge in [0.25, 0.3) is 37.5 Å². The number of para-hydroxylation sites is 4. The molecule has 4 aromatic heterocycles. The number of ether oxygens (including phenoxy) is 5. The van der Waals surface area contributed by atoms with Crippen LogP contribution >= 0.6 is 0 Å². The van der Waals surface area contributed by atoms with Crippen molar-refractivity contribution in [3.8, 4) is 23.0 Å². The number of carboxylic acid groups (broad SMARTS) is 1. The summed E-state index contributed by atoms with van der Waals surface area (Å²) in [6.07, 6.45) is -6.38. The second-order valence-electron chi connectivity index (χ2n) is 25.1. The molecule has 0 radical (unpaired) electrons. The molecule has 0 bridgehead atoms. The number of nitrogens with one attached hydrogen (secondary N) is 2. The number of aromatic nitrogens is 6. The van der Waals surface area contributed by atoms with E-state index in [0.717, 1.165) is 27.2 Å². The zero-order valence-corrected chi connectivity index (χ0v) is 69.3. The molecule has 0 saturated carbocycles. The van der Waals surface area contributed by atoms with Gasteiger partial charge in [-0.15, -0.1) is 0 Å². The minimum Gasteiger partial charge on any atom is -0.550 e. The summed E-state index contributed by atoms with van der Waals surface area (Å²) in [5.41, 5.74) is 1.87. The Bertz CT molecular complexity index is 5360. The van der Waals surface area contributed by atoms with E-state index in [-0.39, 0.29) is 186 Å². The van der Waals surface area contributed by atoms with Crippen LogP contribution in [0, 0.1) is 10.1 Å². The molecule has 2 atom stereocenters. The monoisotopic (exact) mass is 1720 g/mol. The summed E-state index contributed by atoms with van der Waals surface area (Å²) >= 11 is 0. The van der Waals surface area contributed by atoms with Crippen molar-refractivity contribution < 1.29 is 148 Å². The number of nitro benzene ring substituents is 1. The van der Waals surface area contributed by atoms with Crippen molar-refractivity contribution in [1.82, 2.24) is 38.5 Å². The quantitative estimate of drug-likeness (QED) is 0.00996. The molecule has 9 rings (SSSR count). The Morgan fingerprint density at radius 2 is 1.02 bits per heavy atom. The second-order valence-corrected chi connectivity index (χ2v) is 33.4. The Balaban J connectivity index is 0.000000357. The fourth-order valence-electron chi connectivity index (χ4n) is 11.1. The van der Waals surface area contributed by atoms with Gasteiger partial charge in [-0.2, -0.15) is 26.3 Å². The number of hydrogen-bond acceptors (Lipinski definition) is 25. The number of non-ortho nitro benzene ring substituents is 1. The molecule has 2 unspecified atom stereocenters. The largest absolute Gasteiger partial charge is 1.00 e. The van der Waals surface area contributed by atoms with E-state index < -0.39 is 143 Å². The number of benzene rings is 5. The molecule has 2 amide bonds. The normalized spacial score (nSPS) is 12.3. The van der Waals surface area contributed by atoms with Gasteiger partial charge in [0.1, 0.15) is 29.6 Å². The van der Waals surface area contributed by atoms with Crippen molar-refractivity contribution in [3.05, 3.63) is 177 Å². The molecule has 42 heteroatoms. The first-order valence-corrected chi connectivity index (χ1v) is 41.9. The van der Waals surface area contributed by atoms with Crippen molar-refractivity contribution in [1.29, 1.82) is 0 Å². The third kappa shape index (κ3) is 26.0. The van der Waals surface area contributed by atoms with Crippen molar-refractivity contribution in [2.24, 2.45) is 0 Å². The summed E-state index contributed by atoms with van der Waals surface area (Å²) < 4.78 is 216. The van der Waals surface area contributed by atoms with E-state index in [1.165, 1.54) is 85.2 Å². The number of pyridine rings is 2. The predicted molar refractivity (Wildman–Crippen MR) is 401 cm³/mol. The van der Waals surface area contributed by atoms with Gasteiger partial charge < -0.3 is 49.3 Å². The van der Waals surface area contributed by atoms with Crippen LogP contribution in [0.15, 0.2) is 159 Å². The number of rotatable bonds is 37. The second kappa shape index (κ2) is 42.4. The number of nitro groups is 1. The number of sulfone groups is 1. The summed E-state index contributed by atoms with van der Waals surface area (Å²) in [6.45, 7) is 6.06. The molecular weight excluding hydrogens is 1640 g/mol. The van der Waals surface area contributed by atoms with Crippen LogP contribution in [0.25, 0.3) is 22.1 Å². The number of imidazole rings is 2. The van der Waals surface area contributed by atoms with E-state index in [1.54, 1.807) is 77.9 Å². The first kappa shape index (κ1) is 94.4. The number of nitrogens with zero attached hydrogens (tertiary/aromatic N) is 7. The van der Waals surface area contributed by atoms with Gasteiger partial charge in [0.05, 0.1) is 91.9 Å². The molecule has 0 aliphatic heterocycles. The van der Waals surface area contributed by atoms with Gasteiger partial charge in [0, 0.05) is 68.2 Å². The summed E-state index contributed by atoms with van der Waals surface area (Å²) in [5.74, 6) is -4.92. The molecule has 3 N–H and O–H groups in total. The molecule has 616 valence electrons. The Labute approximate surface area is 684 Å². The summed E-state index contributed by atoms with van der Waals surface area (Å²) in [6, 6.07) is 27.9. The fourth-order valence-corrected chi connectivity index (χ4v) is 18.9. The van der Waals surface area contributed by atoms with Crippen LogP contribution in [-0.2, 0) is 99.7 Å². The first-order chi connectivity index (χ1) is 53.8. The summed E-state index contributed by atoms with van der Waals surface area (Å²) in [5, 5.41) is 33.0. The van der Waals surface area contributed by atoms with Crippen LogP contribution in [0.3, 0.4) is 0 Å². The first-order valence-electron chi connectivity index (χ1n) is 34.7. The van der Waals surface area contributed by atoms with Crippen molar-refractivity contribution in [3.63, 3.8) is 0 Å². The van der Waals surface area contributed by atoms with Gasteiger partial charge >= 0.3 is 47.9 Å². The van der Waals surface area contributed by atoms with Crippen LogP contribution in [-0.4, -0.2) is 167 Å². The van der Waals surface area contributed by atoms with Crippen LogP contribution < -0.4 is 64.2 Å². The number of aliphatic hydroxyl groups excluding tert-OH is 1. The Morgan fingerprint density at radius 1 is 0.591 bits per heavy atom. The Kier molecular flexibility index (Phi) is 34.8. The van der Waals surface area contributed by atoms with Gasteiger partial charge in [-0.05, 0) is 134 Å². The van der Waals surface area contributed by atoms with Crippen LogP contribution in [0.4, 0.5) is 32.0 Å². The van der Waals surface area contributed by atoms with E-state index in [9.17, 15) is 94.4 Å². The van der Waals surface area contributed by atoms with Gasteiger partial charge in [-0.3, -0.25) is 42.9 Å². The number of aliphatic carboxylic acids is 1. The minimum atomic E-state index is -4.60. The molecule has 0 fully saturated rings. The molecule has 0 spiro atoms. The van der Waals surface area contributed by atoms with Gasteiger partial charge in [0.2, 0.25) is 10.3 Å². The topological polar surface area (TPSA) is 423 Å². The van der Waals surface area contributed by atoms with Crippen molar-refractivity contribution in [2.45, 2.75) is 141 Å². The molecule has 5 aromatic carbocycles. The molecule has 115 heavy (non-hydrogen) atoms. The number of carbonyl (C=O) groups excluding carboxylic acids is 4. The fraction of sp³-hybridized carbons (Fsp3) is 0.370. The number of carbonyl (C=O) groups is 4. The summed E-state index contributed by atoms with van der Waals surface area (Å²) in [4.78, 5) is 74.3. The van der Waals surface area contributed by atoms with Crippen molar-refractivity contribution in [2.75, 3.05) is 59.0 Å². The number of alkyl halides is 6. The number of fused-ring (bicyclic) bond motifs is 2. The van der Waals surface area contributed by atoms with Gasteiger partial charge in [0.15, 0.2) is 36.3 Å². The standard InChI is InChI=1S/C40H42F3N5O12S3.C32H35F3N4O8S2.CH4O.Na/c1-4-30-33(44-18-16-35(30)60-25-40(41,42)43)24-61(53)39-46-32-11-5-6-12-34(32)47(39)63(56,57)36-15-14-28(22-31(36)26(2)3)59-23-37(49)45-17-8-13-38(50)58-19-20-62(54,55)29-10-7-9-27(21-29)48(51)52;1-4-22-25(36-15-13-27(22)47-19-32(33,34)35)18-48(43)31-38-24-8-5-6-9-26(24)39(31)49(44,45)28-12-11-21(16-23(28)20(2)3)46-17-29(40)37-14-7-10-30(41)42;1-2;/h5-7,9-12,14-16,18,21-22,26H,4,8,13,17,19-20,23-25H2,1-3H3,(H,45,49);5-6,8-9,11-13,15-16,20H,4,7,10,14,17-19H2,1-3H3,(H,37,40)(H,41,42);2H,1H3;/q;;;+1/p-1. The minimum absolute atomic E-state index is 0. The van der Waals surface area contributed by atoms with Gasteiger partial charge in [-0.25, -0.2) is 43.2 Å². The zero-order valence-electron chi connectivity index (χ0n) is 63.2. The Hall–Kier alpha value is -9.49. The van der Waals surface area contributed by atoms with E-state index in [1.807, 2.05) is 0 Å². The maximum absolute atomic E-state index is 14.6. The maximum Gasteiger partial charge on any atom is 1.00 e. The smallest absolute Gasteiger partial charge is 0.550 e. The average Bonchev–Trinajstić information content (AvgIpc) is 1.63. The molecule has 0 saturated heterocycles. The average molecular weight is 1720 g/mol. The van der Waals surface area contributed by atoms with Gasteiger partial charge in [-0.1, -0.05) is 71.9 Å². The number of halogens is 6. The van der Waals surface area contributed by atoms with Crippen LogP contribution in [0.1, 0.15) is 113 Å². The predicted octanol–water partition coefficient (Wildman–Crippen LogP) is 6.04. The molecule has 30 nitrogen and oxygen atoms in total. The third-order valence-corrected chi connectivity index (χ3v) is 24.3. The maximum atomic E-state index is 14.6. The van der Waals surface area contributed by atoms with E-state index in [2.05, 4.69) is 30.6 Å². The molecule has 0 aliphatic rings. The molecular formula is C73H80F6N9NaO21S5. The molecule has 4 heterocycles. The molecule has 9 aromatic rings. The van der Waals surface area contributed by atoms with Crippen molar-refractivity contribution >= 4 is 103 Å². The number of hydrogen-bond donors (Lipinski definition) is 3. The molecule has 0 aliphatic carbocycles. The number of aliphatic hydroxyl groups is 1. The van der Waals surface area contributed by atoms with E-state index in [4.69, 9.17) is 28.8 Å². The SMILES string of the molecule is CCc1c(OCC(F)(F)F)ccnc1CS(=O)c1nc2ccccc2n1S(=O)(=O)c1ccc(OCC(=O)NCCCC(=O)OCCS(=O)(=O)c2cccc([N+](=O)[O-])c2)cc1C(C)C.CCc1c(OCC(F)(F)F)ccnc1CS(=O)c1nc2ccccc2n1S(=O)(=O)c1ccc(OCC(=O)NCCCC(=O)[O-])cc1C(C)C.CO.[Na+]. The third-order valence-electron chi connectivity index (χ3n) is 16.4. The summed E-state index contributed by atoms with van der Waals surface area (Å²) in [7, 11) is -16.3. The Morgan fingerprint density at radius 3 is 1.42 bits per heavy atom. The van der Waals surface area contributed by atoms with Crippen LogP contribution in [0.5, 0.6) is 23.0 Å². The number of amides is 2. The van der Waals surface area contributed by atoms with Crippen LogP contribution in [0.2, 0.25) is 0 Å². The van der Waals surface area contributed by atoms with E-state index in [0.29, 0.717) is 16.7 Å².